The number of aliphatic hydroxyl groups is 1. The Balaban J connectivity index is 3.05. The van der Waals surface area contributed by atoms with Crippen LogP contribution in [0.2, 0.25) is 0 Å². The summed E-state index contributed by atoms with van der Waals surface area (Å²) in [7, 11) is 1.84. The van der Waals surface area contributed by atoms with Crippen molar-refractivity contribution >= 4 is 0 Å². The van der Waals surface area contributed by atoms with E-state index >= 15 is 0 Å². The van der Waals surface area contributed by atoms with Crippen LogP contribution < -0.4 is 15.8 Å². The number of rotatable bonds is 8. The lowest BCUT2D eigenvalue weighted by atomic mass is 9.96. The molecule has 0 saturated heterocycles. The maximum Gasteiger partial charge on any atom is 0.125 e. The van der Waals surface area contributed by atoms with Crippen LogP contribution in [0.1, 0.15) is 37.5 Å². The van der Waals surface area contributed by atoms with Gasteiger partial charge in [-0.25, -0.2) is 0 Å². The molecule has 2 atom stereocenters. The lowest BCUT2D eigenvalue weighted by Crippen LogP contribution is -2.34. The van der Waals surface area contributed by atoms with Crippen molar-refractivity contribution < 1.29 is 9.84 Å². The van der Waals surface area contributed by atoms with Crippen molar-refractivity contribution in [2.75, 3.05) is 20.2 Å². The van der Waals surface area contributed by atoms with E-state index in [9.17, 15) is 5.11 Å². The molecule has 4 heteroatoms. The van der Waals surface area contributed by atoms with Crippen LogP contribution >= 0.6 is 0 Å². The molecule has 0 amide bonds. The summed E-state index contributed by atoms with van der Waals surface area (Å²) < 4.78 is 5.61. The highest BCUT2D eigenvalue weighted by Gasteiger charge is 2.22. The van der Waals surface area contributed by atoms with Crippen LogP contribution in [-0.2, 0) is 6.42 Å². The van der Waals surface area contributed by atoms with Gasteiger partial charge in [0.1, 0.15) is 5.75 Å². The second-order valence-electron chi connectivity index (χ2n) is 4.58. The van der Waals surface area contributed by atoms with Crippen LogP contribution in [-0.4, -0.2) is 31.3 Å². The van der Waals surface area contributed by atoms with Crippen molar-refractivity contribution in [2.24, 2.45) is 5.73 Å². The van der Waals surface area contributed by atoms with E-state index in [1.54, 1.807) is 0 Å². The largest absolute Gasteiger partial charge is 0.493 e. The Morgan fingerprint density at radius 2 is 2.11 bits per heavy atom. The monoisotopic (exact) mass is 266 g/mol. The molecule has 0 saturated carbocycles. The summed E-state index contributed by atoms with van der Waals surface area (Å²) >= 11 is 0. The summed E-state index contributed by atoms with van der Waals surface area (Å²) in [5.41, 5.74) is 7.63. The van der Waals surface area contributed by atoms with Gasteiger partial charge in [-0.05, 0) is 51.1 Å². The highest BCUT2D eigenvalue weighted by molar-refractivity contribution is 5.39. The van der Waals surface area contributed by atoms with Gasteiger partial charge in [-0.15, -0.1) is 0 Å². The van der Waals surface area contributed by atoms with Crippen molar-refractivity contribution in [3.05, 3.63) is 29.3 Å². The summed E-state index contributed by atoms with van der Waals surface area (Å²) in [6.07, 6.45) is 1.05. The molecule has 0 spiro atoms. The average Bonchev–Trinajstić information content (AvgIpc) is 2.44. The van der Waals surface area contributed by atoms with Crippen LogP contribution in [0, 0.1) is 0 Å². The number of ether oxygens (including phenoxy) is 1. The lowest BCUT2D eigenvalue weighted by Gasteiger charge is -2.24. The van der Waals surface area contributed by atoms with E-state index in [1.807, 2.05) is 32.2 Å². The van der Waals surface area contributed by atoms with Crippen molar-refractivity contribution in [2.45, 2.75) is 38.8 Å². The summed E-state index contributed by atoms with van der Waals surface area (Å²) in [4.78, 5) is 0. The Labute approximate surface area is 116 Å². The van der Waals surface area contributed by atoms with E-state index < -0.39 is 6.10 Å². The molecular formula is C15H26N2O2. The fraction of sp³-hybridized carbons (Fsp3) is 0.600. The normalized spacial score (nSPS) is 14.2. The van der Waals surface area contributed by atoms with Crippen LogP contribution in [0.5, 0.6) is 5.75 Å². The van der Waals surface area contributed by atoms with Crippen LogP contribution in [0.4, 0.5) is 0 Å². The molecule has 19 heavy (non-hydrogen) atoms. The fourth-order valence-corrected chi connectivity index (χ4v) is 2.19. The van der Waals surface area contributed by atoms with E-state index in [-0.39, 0.29) is 6.04 Å². The minimum absolute atomic E-state index is 0.0590. The number of aliphatic hydroxyl groups excluding tert-OH is 1. The third-order valence-corrected chi connectivity index (χ3v) is 3.33. The Morgan fingerprint density at radius 3 is 2.63 bits per heavy atom. The molecule has 0 heterocycles. The third kappa shape index (κ3) is 4.20. The van der Waals surface area contributed by atoms with Gasteiger partial charge in [0, 0.05) is 11.6 Å². The van der Waals surface area contributed by atoms with Gasteiger partial charge in [-0.2, -0.15) is 0 Å². The Kier molecular flexibility index (Phi) is 6.84. The zero-order valence-electron chi connectivity index (χ0n) is 12.1. The third-order valence-electron chi connectivity index (χ3n) is 3.33. The fourth-order valence-electron chi connectivity index (χ4n) is 2.19. The predicted octanol–water partition coefficient (Wildman–Crippen LogP) is 1.62. The molecular weight excluding hydrogens is 240 g/mol. The van der Waals surface area contributed by atoms with Crippen LogP contribution in [0.25, 0.3) is 0 Å². The molecule has 1 aromatic carbocycles. The number of hydrogen-bond donors (Lipinski definition) is 3. The van der Waals surface area contributed by atoms with Crippen LogP contribution in [0.15, 0.2) is 18.2 Å². The first-order chi connectivity index (χ1) is 9.17. The number of hydrogen-bond acceptors (Lipinski definition) is 4. The summed E-state index contributed by atoms with van der Waals surface area (Å²) in [6, 6.07) is 5.95. The van der Waals surface area contributed by atoms with Gasteiger partial charge in [0.05, 0.1) is 12.7 Å². The summed E-state index contributed by atoms with van der Waals surface area (Å²) in [6.45, 7) is 5.17. The molecule has 4 nitrogen and oxygen atoms in total. The number of aryl methyl sites for hydroxylation is 1. The Hall–Kier alpha value is -1.10. The van der Waals surface area contributed by atoms with E-state index in [4.69, 9.17) is 10.5 Å². The number of benzene rings is 1. The van der Waals surface area contributed by atoms with E-state index in [1.165, 1.54) is 5.56 Å². The Morgan fingerprint density at radius 1 is 1.37 bits per heavy atom. The minimum Gasteiger partial charge on any atom is -0.493 e. The molecule has 0 aliphatic carbocycles. The molecule has 4 N–H and O–H groups in total. The van der Waals surface area contributed by atoms with Gasteiger partial charge in [0.25, 0.3) is 0 Å². The first-order valence-electron chi connectivity index (χ1n) is 6.98. The van der Waals surface area contributed by atoms with Gasteiger partial charge in [0.2, 0.25) is 0 Å². The average molecular weight is 266 g/mol. The van der Waals surface area contributed by atoms with E-state index in [2.05, 4.69) is 12.2 Å². The quantitative estimate of drug-likeness (QED) is 0.669. The van der Waals surface area contributed by atoms with Gasteiger partial charge < -0.3 is 20.9 Å². The summed E-state index contributed by atoms with van der Waals surface area (Å²) in [5.74, 6) is 0.754. The minimum atomic E-state index is -0.610. The number of nitrogens with two attached hydrogens (primary N) is 1. The smallest absolute Gasteiger partial charge is 0.125 e. The first-order valence-corrected chi connectivity index (χ1v) is 6.98. The molecule has 2 unspecified atom stereocenters. The molecule has 0 bridgehead atoms. The highest BCUT2D eigenvalue weighted by Crippen LogP contribution is 2.29. The standard InChI is InChI=1S/C15H26N2O2/c1-4-11-6-7-14(19-5-2)12(10-11)15(18)13(17-3)8-9-16/h6-7,10,13,15,17-18H,4-5,8-9,16H2,1-3H3. The van der Waals surface area contributed by atoms with Gasteiger partial charge >= 0.3 is 0 Å². The second-order valence-corrected chi connectivity index (χ2v) is 4.58. The zero-order chi connectivity index (χ0) is 14.3. The molecule has 0 radical (unpaired) electrons. The molecule has 1 aromatic rings. The molecule has 0 fully saturated rings. The van der Waals surface area contributed by atoms with Crippen molar-refractivity contribution in [1.29, 1.82) is 0 Å². The van der Waals surface area contributed by atoms with Crippen LogP contribution in [0.3, 0.4) is 0 Å². The van der Waals surface area contributed by atoms with Crippen molar-refractivity contribution in [3.63, 3.8) is 0 Å². The predicted molar refractivity (Wildman–Crippen MR) is 78.5 cm³/mol. The SMILES string of the molecule is CCOc1ccc(CC)cc1C(O)C(CCN)NC. The van der Waals surface area contributed by atoms with Gasteiger partial charge in [-0.1, -0.05) is 13.0 Å². The maximum atomic E-state index is 10.5. The number of nitrogens with one attached hydrogen (secondary N) is 1. The topological polar surface area (TPSA) is 67.5 Å². The maximum absolute atomic E-state index is 10.5. The Bertz CT molecular complexity index is 382. The number of likely N-dealkylation sites (N-methyl/N-ethyl adjacent to an activating group) is 1. The molecule has 0 aromatic heterocycles. The van der Waals surface area contributed by atoms with Crippen molar-refractivity contribution in [3.8, 4) is 5.75 Å². The van der Waals surface area contributed by atoms with Gasteiger partial charge in [0.15, 0.2) is 0 Å². The van der Waals surface area contributed by atoms with Gasteiger partial charge in [-0.3, -0.25) is 0 Å². The summed E-state index contributed by atoms with van der Waals surface area (Å²) in [5, 5.41) is 13.7. The second kappa shape index (κ2) is 8.15. The first kappa shape index (κ1) is 16.0. The van der Waals surface area contributed by atoms with E-state index in [0.29, 0.717) is 13.2 Å². The molecule has 108 valence electrons. The highest BCUT2D eigenvalue weighted by atomic mass is 16.5. The van der Waals surface area contributed by atoms with Crippen molar-refractivity contribution in [1.82, 2.24) is 5.32 Å². The zero-order valence-corrected chi connectivity index (χ0v) is 12.1. The molecule has 0 aliphatic heterocycles. The van der Waals surface area contributed by atoms with E-state index in [0.717, 1.165) is 24.2 Å². The molecule has 1 rings (SSSR count). The lowest BCUT2D eigenvalue weighted by molar-refractivity contribution is 0.124. The molecule has 0 aliphatic rings.